The lowest BCUT2D eigenvalue weighted by atomic mass is 10.2. The van der Waals surface area contributed by atoms with Crippen molar-refractivity contribution in [2.75, 3.05) is 19.0 Å². The molecule has 0 fully saturated rings. The number of nitrogens with zero attached hydrogens (tertiary/aromatic N) is 1. The molecule has 70 valence electrons. The van der Waals surface area contributed by atoms with Crippen molar-refractivity contribution in [2.24, 2.45) is 5.73 Å². The van der Waals surface area contributed by atoms with E-state index in [9.17, 15) is 0 Å². The molecule has 0 unspecified atom stereocenters. The molecule has 0 amide bonds. The van der Waals surface area contributed by atoms with Crippen LogP contribution in [-0.2, 0) is 0 Å². The first-order valence-corrected chi connectivity index (χ1v) is 4.21. The number of hydrogen-bond acceptors (Lipinski definition) is 2. The maximum Gasteiger partial charge on any atom is 0.124 e. The number of hydrogen-bond donors (Lipinski definition) is 2. The second kappa shape index (κ2) is 3.66. The molecule has 3 N–H and O–H groups in total. The van der Waals surface area contributed by atoms with E-state index < -0.39 is 0 Å². The summed E-state index contributed by atoms with van der Waals surface area (Å²) in [4.78, 5) is 1.94. The van der Waals surface area contributed by atoms with Gasteiger partial charge in [-0.3, -0.25) is 5.41 Å². The molecule has 0 atom stereocenters. The van der Waals surface area contributed by atoms with Crippen molar-refractivity contribution in [3.8, 4) is 0 Å². The summed E-state index contributed by atoms with van der Waals surface area (Å²) in [6.07, 6.45) is 0. The Balaban J connectivity index is 3.13. The zero-order valence-corrected chi connectivity index (χ0v) is 8.39. The van der Waals surface area contributed by atoms with E-state index in [4.69, 9.17) is 22.7 Å². The van der Waals surface area contributed by atoms with Gasteiger partial charge in [0.2, 0.25) is 0 Å². The van der Waals surface area contributed by atoms with Gasteiger partial charge in [-0.2, -0.15) is 0 Å². The van der Waals surface area contributed by atoms with Gasteiger partial charge in [0.1, 0.15) is 5.84 Å². The highest BCUT2D eigenvalue weighted by atomic mass is 35.5. The fourth-order valence-corrected chi connectivity index (χ4v) is 1.28. The average molecular weight is 198 g/mol. The van der Waals surface area contributed by atoms with Gasteiger partial charge in [-0.1, -0.05) is 11.6 Å². The fourth-order valence-electron chi connectivity index (χ4n) is 1.00. The number of nitrogens with one attached hydrogen (secondary N) is 1. The molecule has 0 spiro atoms. The molecule has 3 nitrogen and oxygen atoms in total. The molecule has 0 aromatic heterocycles. The van der Waals surface area contributed by atoms with Crippen molar-refractivity contribution in [1.82, 2.24) is 0 Å². The Kier molecular flexibility index (Phi) is 2.78. The maximum atomic E-state index is 7.23. The van der Waals surface area contributed by atoms with Crippen LogP contribution in [0.5, 0.6) is 0 Å². The summed E-state index contributed by atoms with van der Waals surface area (Å²) >= 11 is 5.92. The van der Waals surface area contributed by atoms with Crippen molar-refractivity contribution in [3.63, 3.8) is 0 Å². The Labute approximate surface area is 82.6 Å². The van der Waals surface area contributed by atoms with Gasteiger partial charge in [0.15, 0.2) is 0 Å². The molecule has 0 aliphatic heterocycles. The third-order valence-electron chi connectivity index (χ3n) is 1.76. The summed E-state index contributed by atoms with van der Waals surface area (Å²) in [5.74, 6) is -0.00435. The monoisotopic (exact) mass is 197 g/mol. The van der Waals surface area contributed by atoms with Crippen LogP contribution in [-0.4, -0.2) is 19.9 Å². The quantitative estimate of drug-likeness (QED) is 0.560. The van der Waals surface area contributed by atoms with E-state index >= 15 is 0 Å². The molecule has 0 saturated carbocycles. The number of nitrogen functional groups attached to an aromatic ring is 1. The van der Waals surface area contributed by atoms with Crippen LogP contribution in [0.1, 0.15) is 5.56 Å². The molecule has 13 heavy (non-hydrogen) atoms. The number of amidine groups is 1. The molecule has 0 aliphatic rings. The van der Waals surface area contributed by atoms with Crippen molar-refractivity contribution >= 4 is 23.1 Å². The van der Waals surface area contributed by atoms with E-state index in [1.807, 2.05) is 25.1 Å². The van der Waals surface area contributed by atoms with Gasteiger partial charge in [0, 0.05) is 25.3 Å². The van der Waals surface area contributed by atoms with E-state index in [1.165, 1.54) is 0 Å². The summed E-state index contributed by atoms with van der Waals surface area (Å²) in [5, 5.41) is 7.75. The molecular weight excluding hydrogens is 186 g/mol. The maximum absolute atomic E-state index is 7.23. The van der Waals surface area contributed by atoms with Crippen LogP contribution in [0.25, 0.3) is 0 Å². The molecule has 0 radical (unpaired) electrons. The zero-order chi connectivity index (χ0) is 10.0. The van der Waals surface area contributed by atoms with Gasteiger partial charge in [-0.15, -0.1) is 0 Å². The van der Waals surface area contributed by atoms with Gasteiger partial charge >= 0.3 is 0 Å². The van der Waals surface area contributed by atoms with Crippen molar-refractivity contribution in [2.45, 2.75) is 0 Å². The fraction of sp³-hybridized carbons (Fsp3) is 0.222. The Morgan fingerprint density at radius 2 is 2.08 bits per heavy atom. The smallest absolute Gasteiger partial charge is 0.124 e. The van der Waals surface area contributed by atoms with E-state index in [-0.39, 0.29) is 5.84 Å². The van der Waals surface area contributed by atoms with Gasteiger partial charge < -0.3 is 10.6 Å². The predicted octanol–water partition coefficient (Wildman–Crippen LogP) is 1.69. The largest absolute Gasteiger partial charge is 0.384 e. The van der Waals surface area contributed by atoms with Gasteiger partial charge in [0.05, 0.1) is 5.02 Å². The molecule has 0 bridgehead atoms. The average Bonchev–Trinajstić information content (AvgIpc) is 2.03. The zero-order valence-electron chi connectivity index (χ0n) is 7.63. The minimum absolute atomic E-state index is 0.00435. The molecule has 1 aromatic carbocycles. The van der Waals surface area contributed by atoms with E-state index in [2.05, 4.69) is 0 Å². The van der Waals surface area contributed by atoms with Crippen LogP contribution in [0.4, 0.5) is 5.69 Å². The van der Waals surface area contributed by atoms with Crippen LogP contribution < -0.4 is 10.6 Å². The number of anilines is 1. The summed E-state index contributed by atoms with van der Waals surface area (Å²) in [5.41, 5.74) is 6.90. The second-order valence-corrected chi connectivity index (χ2v) is 3.38. The Bertz CT molecular complexity index is 334. The summed E-state index contributed by atoms with van der Waals surface area (Å²) in [6.45, 7) is 0. The molecular formula is C9H12ClN3. The van der Waals surface area contributed by atoms with Crippen LogP contribution in [0.2, 0.25) is 5.02 Å². The standard InChI is InChI=1S/C9H12ClN3/c1-13(2)6-3-4-7(9(11)12)8(10)5-6/h3-5H,1-2H3,(H3,11,12). The summed E-state index contributed by atoms with van der Waals surface area (Å²) in [6, 6.07) is 5.42. The number of nitrogens with two attached hydrogens (primary N) is 1. The lowest BCUT2D eigenvalue weighted by Crippen LogP contribution is -2.13. The molecule has 0 aliphatic carbocycles. The summed E-state index contributed by atoms with van der Waals surface area (Å²) in [7, 11) is 3.86. The normalized spacial score (nSPS) is 9.77. The molecule has 4 heteroatoms. The predicted molar refractivity (Wildman–Crippen MR) is 56.8 cm³/mol. The van der Waals surface area contributed by atoms with Crippen LogP contribution >= 0.6 is 11.6 Å². The highest BCUT2D eigenvalue weighted by Gasteiger charge is 2.04. The first-order chi connectivity index (χ1) is 6.02. The van der Waals surface area contributed by atoms with Crippen LogP contribution in [0, 0.1) is 5.41 Å². The van der Waals surface area contributed by atoms with Crippen molar-refractivity contribution < 1.29 is 0 Å². The van der Waals surface area contributed by atoms with Gasteiger partial charge in [-0.05, 0) is 18.2 Å². The molecule has 0 heterocycles. The van der Waals surface area contributed by atoms with E-state index in [0.717, 1.165) is 5.69 Å². The third kappa shape index (κ3) is 2.12. The number of benzene rings is 1. The summed E-state index contributed by atoms with van der Waals surface area (Å²) < 4.78 is 0. The number of halogens is 1. The highest BCUT2D eigenvalue weighted by Crippen LogP contribution is 2.21. The Hall–Kier alpha value is -1.22. The SMILES string of the molecule is CN(C)c1ccc(C(=N)N)c(Cl)c1. The van der Waals surface area contributed by atoms with Crippen molar-refractivity contribution in [3.05, 3.63) is 28.8 Å². The highest BCUT2D eigenvalue weighted by molar-refractivity contribution is 6.34. The van der Waals surface area contributed by atoms with Crippen molar-refractivity contribution in [1.29, 1.82) is 5.41 Å². The van der Waals surface area contributed by atoms with E-state index in [1.54, 1.807) is 12.1 Å². The third-order valence-corrected chi connectivity index (χ3v) is 2.07. The minimum Gasteiger partial charge on any atom is -0.384 e. The first kappa shape index (κ1) is 9.86. The minimum atomic E-state index is -0.00435. The van der Waals surface area contributed by atoms with Crippen LogP contribution in [0.3, 0.4) is 0 Å². The second-order valence-electron chi connectivity index (χ2n) is 2.97. The molecule has 1 aromatic rings. The van der Waals surface area contributed by atoms with E-state index in [0.29, 0.717) is 10.6 Å². The van der Waals surface area contributed by atoms with Gasteiger partial charge in [0.25, 0.3) is 0 Å². The molecule has 0 saturated heterocycles. The van der Waals surface area contributed by atoms with Gasteiger partial charge in [-0.25, -0.2) is 0 Å². The first-order valence-electron chi connectivity index (χ1n) is 3.83. The number of rotatable bonds is 2. The lowest BCUT2D eigenvalue weighted by molar-refractivity contribution is 1.13. The molecule has 1 rings (SSSR count). The Morgan fingerprint density at radius 1 is 1.46 bits per heavy atom. The Morgan fingerprint density at radius 3 is 2.46 bits per heavy atom. The topological polar surface area (TPSA) is 53.1 Å². The van der Waals surface area contributed by atoms with Crippen LogP contribution in [0.15, 0.2) is 18.2 Å². The lowest BCUT2D eigenvalue weighted by Gasteiger charge is -2.13.